The molecule has 9 rings (SSSR count). The highest BCUT2D eigenvalue weighted by molar-refractivity contribution is 6.67. The van der Waals surface area contributed by atoms with Gasteiger partial charge in [-0.05, 0) is 82.5 Å². The molecular formula is C46H30Si. The smallest absolute Gasteiger partial charge is 0.0631 e. The predicted octanol–water partition coefficient (Wildman–Crippen LogP) is 11.0. The Kier molecular flexibility index (Phi) is 6.77. The normalized spacial score (nSPS) is 11.5. The van der Waals surface area contributed by atoms with E-state index in [0.29, 0.717) is 9.52 Å². The first kappa shape index (κ1) is 27.5. The third-order valence-corrected chi connectivity index (χ3v) is 10.6. The van der Waals surface area contributed by atoms with Crippen molar-refractivity contribution < 1.29 is 0 Å². The fourth-order valence-corrected chi connectivity index (χ4v) is 8.28. The van der Waals surface area contributed by atoms with Crippen molar-refractivity contribution in [3.8, 4) is 33.4 Å². The Morgan fingerprint density at radius 2 is 0.851 bits per heavy atom. The second kappa shape index (κ2) is 11.5. The summed E-state index contributed by atoms with van der Waals surface area (Å²) >= 11 is 0. The van der Waals surface area contributed by atoms with E-state index in [2.05, 4.69) is 182 Å². The molecule has 0 aliphatic carbocycles. The summed E-state index contributed by atoms with van der Waals surface area (Å²) in [5.74, 6) is 0. The molecule has 0 amide bonds. The molecule has 0 saturated heterocycles. The highest BCUT2D eigenvalue weighted by atomic mass is 28.2. The molecular weight excluding hydrogens is 581 g/mol. The summed E-state index contributed by atoms with van der Waals surface area (Å²) in [5, 5.41) is 12.9. The lowest BCUT2D eigenvalue weighted by Crippen LogP contribution is -2.26. The van der Waals surface area contributed by atoms with E-state index in [1.54, 1.807) is 0 Å². The average molecular weight is 611 g/mol. The van der Waals surface area contributed by atoms with Crippen molar-refractivity contribution >= 4 is 63.0 Å². The van der Waals surface area contributed by atoms with Crippen LogP contribution >= 0.6 is 0 Å². The van der Waals surface area contributed by atoms with Crippen LogP contribution in [0.25, 0.3) is 76.5 Å². The Labute approximate surface area is 277 Å². The highest BCUT2D eigenvalue weighted by Crippen LogP contribution is 2.44. The van der Waals surface area contributed by atoms with E-state index >= 15 is 0 Å². The molecule has 0 bridgehead atoms. The standard InChI is InChI=1S/C46H30Si/c1-2-15-37(16-3-1)47-38-27-28-43-44(30-38)45(34-24-22-33(23-25-34)40-20-10-14-32-12-6-7-17-39(32)40)41-18-8-9-19-42(41)46(43)36-26-21-31-11-4-5-13-35(31)29-36/h1-30H. The van der Waals surface area contributed by atoms with Gasteiger partial charge in [-0.3, -0.25) is 0 Å². The van der Waals surface area contributed by atoms with Crippen LogP contribution in [0.15, 0.2) is 182 Å². The van der Waals surface area contributed by atoms with Gasteiger partial charge in [0.05, 0.1) is 0 Å². The Balaban J connectivity index is 1.29. The zero-order chi connectivity index (χ0) is 31.2. The number of benzene rings is 9. The van der Waals surface area contributed by atoms with Crippen LogP contribution in [0.2, 0.25) is 0 Å². The van der Waals surface area contributed by atoms with Gasteiger partial charge < -0.3 is 0 Å². The van der Waals surface area contributed by atoms with Crippen LogP contribution in [0, 0.1) is 0 Å². The lowest BCUT2D eigenvalue weighted by molar-refractivity contribution is 1.63. The van der Waals surface area contributed by atoms with Crippen LogP contribution in [-0.2, 0) is 0 Å². The summed E-state index contributed by atoms with van der Waals surface area (Å²) in [4.78, 5) is 0. The number of hydrogen-bond donors (Lipinski definition) is 0. The Morgan fingerprint density at radius 1 is 0.277 bits per heavy atom. The largest absolute Gasteiger partial charge is 0.121 e. The fraction of sp³-hybridized carbons (Fsp3) is 0. The van der Waals surface area contributed by atoms with Crippen molar-refractivity contribution in [3.63, 3.8) is 0 Å². The summed E-state index contributed by atoms with van der Waals surface area (Å²) in [7, 11) is 0.591. The molecule has 0 aromatic heterocycles. The van der Waals surface area contributed by atoms with Crippen LogP contribution in [0.4, 0.5) is 0 Å². The molecule has 0 saturated carbocycles. The molecule has 218 valence electrons. The maximum Gasteiger partial charge on any atom is 0.121 e. The summed E-state index contributed by atoms with van der Waals surface area (Å²) < 4.78 is 0. The Hall–Kier alpha value is -5.76. The Bertz CT molecular complexity index is 2570. The summed E-state index contributed by atoms with van der Waals surface area (Å²) in [6.07, 6.45) is 0. The zero-order valence-electron chi connectivity index (χ0n) is 25.8. The van der Waals surface area contributed by atoms with Crippen molar-refractivity contribution in [2.75, 3.05) is 0 Å². The van der Waals surface area contributed by atoms with E-state index in [1.807, 2.05) is 0 Å². The second-order valence-electron chi connectivity index (χ2n) is 12.2. The molecule has 0 unspecified atom stereocenters. The first-order valence-electron chi connectivity index (χ1n) is 16.2. The fourth-order valence-electron chi connectivity index (χ4n) is 7.20. The first-order valence-corrected chi connectivity index (χ1v) is 17.2. The van der Waals surface area contributed by atoms with Gasteiger partial charge in [0.15, 0.2) is 0 Å². The minimum Gasteiger partial charge on any atom is -0.0631 e. The summed E-state index contributed by atoms with van der Waals surface area (Å²) in [6, 6.07) is 67.0. The van der Waals surface area contributed by atoms with Crippen molar-refractivity contribution in [1.29, 1.82) is 0 Å². The van der Waals surface area contributed by atoms with Crippen LogP contribution in [0.1, 0.15) is 0 Å². The summed E-state index contributed by atoms with van der Waals surface area (Å²) in [6.45, 7) is 0. The molecule has 0 N–H and O–H groups in total. The van der Waals surface area contributed by atoms with Crippen LogP contribution in [-0.4, -0.2) is 9.52 Å². The van der Waals surface area contributed by atoms with E-state index in [0.717, 1.165) is 0 Å². The molecule has 0 fully saturated rings. The predicted molar refractivity (Wildman–Crippen MR) is 204 cm³/mol. The van der Waals surface area contributed by atoms with Gasteiger partial charge in [-0.1, -0.05) is 186 Å². The number of hydrogen-bond acceptors (Lipinski definition) is 0. The molecule has 9 aromatic rings. The van der Waals surface area contributed by atoms with Gasteiger partial charge >= 0.3 is 0 Å². The van der Waals surface area contributed by atoms with Crippen LogP contribution < -0.4 is 10.4 Å². The third kappa shape index (κ3) is 4.93. The molecule has 0 aliphatic heterocycles. The summed E-state index contributed by atoms with van der Waals surface area (Å²) in [5.41, 5.74) is 7.58. The molecule has 1 heteroatoms. The molecule has 9 aromatic carbocycles. The molecule has 47 heavy (non-hydrogen) atoms. The van der Waals surface area contributed by atoms with E-state index in [1.165, 1.54) is 86.8 Å². The van der Waals surface area contributed by atoms with Crippen molar-refractivity contribution in [1.82, 2.24) is 0 Å². The number of fused-ring (bicyclic) bond motifs is 4. The second-order valence-corrected chi connectivity index (χ2v) is 13.6. The molecule has 0 atom stereocenters. The van der Waals surface area contributed by atoms with E-state index in [4.69, 9.17) is 0 Å². The first-order chi connectivity index (χ1) is 23.3. The monoisotopic (exact) mass is 610 g/mol. The van der Waals surface area contributed by atoms with Gasteiger partial charge in [-0.15, -0.1) is 0 Å². The average Bonchev–Trinajstić information content (AvgIpc) is 3.14. The van der Waals surface area contributed by atoms with Crippen molar-refractivity contribution in [2.24, 2.45) is 0 Å². The van der Waals surface area contributed by atoms with Gasteiger partial charge in [-0.25, -0.2) is 0 Å². The van der Waals surface area contributed by atoms with E-state index < -0.39 is 0 Å². The Morgan fingerprint density at radius 3 is 1.64 bits per heavy atom. The lowest BCUT2D eigenvalue weighted by atomic mass is 9.85. The van der Waals surface area contributed by atoms with Gasteiger partial charge in [0, 0.05) is 0 Å². The van der Waals surface area contributed by atoms with Crippen molar-refractivity contribution in [2.45, 2.75) is 0 Å². The minimum atomic E-state index is 0.591. The molecule has 0 spiro atoms. The molecule has 0 aliphatic rings. The SMILES string of the molecule is c1ccc([Si]c2ccc3c(-c4ccc5ccccc5c4)c4ccccc4c(-c4ccc(-c5cccc6ccccc56)cc4)c3c2)cc1. The maximum absolute atomic E-state index is 2.45. The number of rotatable bonds is 5. The molecule has 0 heterocycles. The van der Waals surface area contributed by atoms with Gasteiger partial charge in [0.25, 0.3) is 0 Å². The van der Waals surface area contributed by atoms with Gasteiger partial charge in [0.2, 0.25) is 0 Å². The molecule has 2 radical (unpaired) electrons. The highest BCUT2D eigenvalue weighted by Gasteiger charge is 2.18. The van der Waals surface area contributed by atoms with Crippen LogP contribution in [0.3, 0.4) is 0 Å². The molecule has 0 nitrogen and oxygen atoms in total. The third-order valence-electron chi connectivity index (χ3n) is 9.40. The van der Waals surface area contributed by atoms with E-state index in [-0.39, 0.29) is 0 Å². The minimum absolute atomic E-state index is 0.591. The van der Waals surface area contributed by atoms with Crippen LogP contribution in [0.5, 0.6) is 0 Å². The quantitative estimate of drug-likeness (QED) is 0.134. The lowest BCUT2D eigenvalue weighted by Gasteiger charge is -2.19. The van der Waals surface area contributed by atoms with Gasteiger partial charge in [0.1, 0.15) is 9.52 Å². The maximum atomic E-state index is 2.45. The van der Waals surface area contributed by atoms with Gasteiger partial charge in [-0.2, -0.15) is 0 Å². The van der Waals surface area contributed by atoms with E-state index in [9.17, 15) is 0 Å². The topological polar surface area (TPSA) is 0 Å². The van der Waals surface area contributed by atoms with Crippen molar-refractivity contribution in [3.05, 3.63) is 182 Å². The zero-order valence-corrected chi connectivity index (χ0v) is 26.8.